The molecule has 3 rings (SSSR count). The highest BCUT2D eigenvalue weighted by atomic mass is 35.5. The largest absolute Gasteiger partial charge is 0.495 e. The number of aryl methyl sites for hydroxylation is 1. The molecule has 5 nitrogen and oxygen atoms in total. The quantitative estimate of drug-likeness (QED) is 0.624. The Morgan fingerprint density at radius 2 is 1.81 bits per heavy atom. The van der Waals surface area contributed by atoms with E-state index in [1.807, 2.05) is 61.5 Å². The third-order valence-corrected chi connectivity index (χ3v) is 4.09. The van der Waals surface area contributed by atoms with Crippen molar-refractivity contribution in [1.29, 1.82) is 0 Å². The zero-order chi connectivity index (χ0) is 18.4. The fourth-order valence-corrected chi connectivity index (χ4v) is 2.69. The summed E-state index contributed by atoms with van der Waals surface area (Å²) in [7, 11) is 1.65. The second kappa shape index (κ2) is 8.54. The summed E-state index contributed by atoms with van der Waals surface area (Å²) in [4.78, 5) is 8.99. The molecule has 1 heterocycles. The molecule has 0 saturated carbocycles. The van der Waals surface area contributed by atoms with E-state index in [2.05, 4.69) is 20.6 Å². The van der Waals surface area contributed by atoms with Crippen LogP contribution in [0.1, 0.15) is 11.3 Å². The third-order valence-electron chi connectivity index (χ3n) is 3.83. The zero-order valence-corrected chi connectivity index (χ0v) is 15.5. The standard InChI is InChI=1S/C20H21ClN4O/c1-14-13-19(24-17-5-3-4-6-18(17)26-2)25-20(23-14)22-12-11-15-7-9-16(21)10-8-15/h3-10,13H,11-12H2,1-2H3,(H2,22,23,24,25). The molecule has 0 aliphatic heterocycles. The second-order valence-electron chi connectivity index (χ2n) is 5.85. The Morgan fingerprint density at radius 3 is 2.58 bits per heavy atom. The Bertz CT molecular complexity index is 868. The summed E-state index contributed by atoms with van der Waals surface area (Å²) in [5, 5.41) is 7.31. The number of ether oxygens (including phenoxy) is 1. The fourth-order valence-electron chi connectivity index (χ4n) is 2.57. The number of anilines is 3. The molecular formula is C20H21ClN4O. The van der Waals surface area contributed by atoms with Gasteiger partial charge in [-0.15, -0.1) is 0 Å². The van der Waals surface area contributed by atoms with Gasteiger partial charge in [0.15, 0.2) is 0 Å². The highest BCUT2D eigenvalue weighted by Crippen LogP contribution is 2.26. The molecule has 3 aromatic rings. The lowest BCUT2D eigenvalue weighted by Crippen LogP contribution is -2.09. The Balaban J connectivity index is 1.66. The van der Waals surface area contributed by atoms with Crippen LogP contribution in [-0.2, 0) is 6.42 Å². The van der Waals surface area contributed by atoms with Crippen molar-refractivity contribution in [3.63, 3.8) is 0 Å². The number of methoxy groups -OCH3 is 1. The first kappa shape index (κ1) is 18.0. The molecule has 26 heavy (non-hydrogen) atoms. The van der Waals surface area contributed by atoms with Gasteiger partial charge in [-0.3, -0.25) is 0 Å². The predicted molar refractivity (Wildman–Crippen MR) is 107 cm³/mol. The van der Waals surface area contributed by atoms with Crippen LogP contribution in [0.4, 0.5) is 17.5 Å². The average molecular weight is 369 g/mol. The number of nitrogens with zero attached hydrogens (tertiary/aromatic N) is 2. The van der Waals surface area contributed by atoms with Gasteiger partial charge in [-0.2, -0.15) is 4.98 Å². The molecule has 0 fully saturated rings. The Kier molecular flexibility index (Phi) is 5.92. The first-order valence-electron chi connectivity index (χ1n) is 8.38. The van der Waals surface area contributed by atoms with Crippen molar-refractivity contribution >= 4 is 29.1 Å². The monoisotopic (exact) mass is 368 g/mol. The lowest BCUT2D eigenvalue weighted by atomic mass is 10.1. The van der Waals surface area contributed by atoms with Gasteiger partial charge in [-0.25, -0.2) is 4.98 Å². The summed E-state index contributed by atoms with van der Waals surface area (Å²) in [5.74, 6) is 2.08. The zero-order valence-electron chi connectivity index (χ0n) is 14.8. The van der Waals surface area contributed by atoms with Crippen molar-refractivity contribution in [2.45, 2.75) is 13.3 Å². The number of nitrogens with one attached hydrogen (secondary N) is 2. The van der Waals surface area contributed by atoms with E-state index >= 15 is 0 Å². The van der Waals surface area contributed by atoms with E-state index < -0.39 is 0 Å². The molecule has 0 spiro atoms. The molecule has 0 aliphatic carbocycles. The number of halogens is 1. The van der Waals surface area contributed by atoms with Crippen LogP contribution in [0.3, 0.4) is 0 Å². The van der Waals surface area contributed by atoms with E-state index in [9.17, 15) is 0 Å². The molecule has 0 atom stereocenters. The second-order valence-corrected chi connectivity index (χ2v) is 6.28. The van der Waals surface area contributed by atoms with Crippen LogP contribution in [0.15, 0.2) is 54.6 Å². The summed E-state index contributed by atoms with van der Waals surface area (Å²) in [6.07, 6.45) is 0.865. The van der Waals surface area contributed by atoms with Gasteiger partial charge in [0.2, 0.25) is 5.95 Å². The number of para-hydroxylation sites is 2. The van der Waals surface area contributed by atoms with Crippen molar-refractivity contribution < 1.29 is 4.74 Å². The van der Waals surface area contributed by atoms with Gasteiger partial charge < -0.3 is 15.4 Å². The van der Waals surface area contributed by atoms with Crippen LogP contribution in [0.5, 0.6) is 5.75 Å². The minimum atomic E-state index is 0.594. The summed E-state index contributed by atoms with van der Waals surface area (Å²) in [6.45, 7) is 2.68. The van der Waals surface area contributed by atoms with Gasteiger partial charge >= 0.3 is 0 Å². The molecule has 0 unspecified atom stereocenters. The van der Waals surface area contributed by atoms with Crippen LogP contribution in [0.25, 0.3) is 0 Å². The van der Waals surface area contributed by atoms with Gasteiger partial charge in [-0.05, 0) is 43.2 Å². The van der Waals surface area contributed by atoms with E-state index in [4.69, 9.17) is 16.3 Å². The number of hydrogen-bond acceptors (Lipinski definition) is 5. The maximum atomic E-state index is 5.91. The van der Waals surface area contributed by atoms with E-state index in [0.717, 1.165) is 40.9 Å². The van der Waals surface area contributed by atoms with E-state index in [1.165, 1.54) is 5.56 Å². The van der Waals surface area contributed by atoms with Gasteiger partial charge in [0.05, 0.1) is 12.8 Å². The molecule has 0 aliphatic rings. The van der Waals surface area contributed by atoms with Crippen LogP contribution < -0.4 is 15.4 Å². The van der Waals surface area contributed by atoms with Crippen LogP contribution >= 0.6 is 11.6 Å². The topological polar surface area (TPSA) is 59.1 Å². The summed E-state index contributed by atoms with van der Waals surface area (Å²) < 4.78 is 5.37. The minimum Gasteiger partial charge on any atom is -0.495 e. The first-order valence-corrected chi connectivity index (χ1v) is 8.76. The summed E-state index contributed by atoms with van der Waals surface area (Å²) in [5.41, 5.74) is 2.95. The van der Waals surface area contributed by atoms with Gasteiger partial charge in [0, 0.05) is 23.3 Å². The molecule has 0 amide bonds. The molecular weight excluding hydrogens is 348 g/mol. The van der Waals surface area contributed by atoms with E-state index in [1.54, 1.807) is 7.11 Å². The highest BCUT2D eigenvalue weighted by molar-refractivity contribution is 6.30. The van der Waals surface area contributed by atoms with Crippen LogP contribution in [0.2, 0.25) is 5.02 Å². The van der Waals surface area contributed by atoms with Crippen molar-refractivity contribution in [2.75, 3.05) is 24.3 Å². The lowest BCUT2D eigenvalue weighted by Gasteiger charge is -2.12. The number of aromatic nitrogens is 2. The van der Waals surface area contributed by atoms with Crippen molar-refractivity contribution in [1.82, 2.24) is 9.97 Å². The maximum Gasteiger partial charge on any atom is 0.224 e. The molecule has 0 saturated heterocycles. The molecule has 134 valence electrons. The van der Waals surface area contributed by atoms with Crippen LogP contribution in [-0.4, -0.2) is 23.6 Å². The first-order chi connectivity index (χ1) is 12.6. The lowest BCUT2D eigenvalue weighted by molar-refractivity contribution is 0.417. The van der Waals surface area contributed by atoms with Gasteiger partial charge in [-0.1, -0.05) is 35.9 Å². The molecule has 1 aromatic heterocycles. The number of rotatable bonds is 7. The Morgan fingerprint density at radius 1 is 1.04 bits per heavy atom. The SMILES string of the molecule is COc1ccccc1Nc1cc(C)nc(NCCc2ccc(Cl)cc2)n1. The molecule has 0 radical (unpaired) electrons. The Hall–Kier alpha value is -2.79. The minimum absolute atomic E-state index is 0.594. The predicted octanol–water partition coefficient (Wildman–Crippen LogP) is 4.85. The van der Waals surface area contributed by atoms with Gasteiger partial charge in [0.1, 0.15) is 11.6 Å². The molecule has 2 N–H and O–H groups in total. The Labute approximate surface area is 158 Å². The number of hydrogen-bond donors (Lipinski definition) is 2. The maximum absolute atomic E-state index is 5.91. The molecule has 6 heteroatoms. The average Bonchev–Trinajstić information content (AvgIpc) is 2.63. The summed E-state index contributed by atoms with van der Waals surface area (Å²) >= 11 is 5.91. The van der Waals surface area contributed by atoms with E-state index in [-0.39, 0.29) is 0 Å². The van der Waals surface area contributed by atoms with Gasteiger partial charge in [0.25, 0.3) is 0 Å². The number of benzene rings is 2. The van der Waals surface area contributed by atoms with Crippen molar-refractivity contribution in [3.8, 4) is 5.75 Å². The molecule has 2 aromatic carbocycles. The van der Waals surface area contributed by atoms with Crippen molar-refractivity contribution in [2.24, 2.45) is 0 Å². The fraction of sp³-hybridized carbons (Fsp3) is 0.200. The normalized spacial score (nSPS) is 10.4. The summed E-state index contributed by atoms with van der Waals surface area (Å²) in [6, 6.07) is 17.5. The van der Waals surface area contributed by atoms with Crippen LogP contribution in [0, 0.1) is 6.92 Å². The molecule has 0 bridgehead atoms. The smallest absolute Gasteiger partial charge is 0.224 e. The highest BCUT2D eigenvalue weighted by Gasteiger charge is 2.06. The van der Waals surface area contributed by atoms with E-state index in [0.29, 0.717) is 5.95 Å². The third kappa shape index (κ3) is 4.86. The van der Waals surface area contributed by atoms with Crippen molar-refractivity contribution in [3.05, 3.63) is 70.9 Å².